The summed E-state index contributed by atoms with van der Waals surface area (Å²) in [4.78, 5) is 8.51. The van der Waals surface area contributed by atoms with Crippen molar-refractivity contribution in [2.75, 3.05) is 39.6 Å². The van der Waals surface area contributed by atoms with Gasteiger partial charge in [0.2, 0.25) is 0 Å². The molecule has 1 aromatic heterocycles. The van der Waals surface area contributed by atoms with Gasteiger partial charge in [-0.1, -0.05) is 17.7 Å². The second kappa shape index (κ2) is 9.26. The van der Waals surface area contributed by atoms with Gasteiger partial charge in [-0.05, 0) is 24.6 Å². The molecule has 3 aromatic rings. The van der Waals surface area contributed by atoms with Crippen LogP contribution in [0.1, 0.15) is 6.42 Å². The number of nitrogens with zero attached hydrogens (tertiary/aromatic N) is 4. The van der Waals surface area contributed by atoms with Crippen LogP contribution in [0, 0.1) is 5.82 Å². The molecule has 0 bridgehead atoms. The number of hydrogen-bond donors (Lipinski definition) is 1. The van der Waals surface area contributed by atoms with Gasteiger partial charge in [-0.15, -0.1) is 0 Å². The summed E-state index contributed by atoms with van der Waals surface area (Å²) in [6, 6.07) is 8.02. The maximum atomic E-state index is 14.4. The Bertz CT molecular complexity index is 1290. The summed E-state index contributed by atoms with van der Waals surface area (Å²) in [6.07, 6.45) is 1.52. The molecule has 0 spiro atoms. The lowest BCUT2D eigenvalue weighted by Crippen LogP contribution is -2.39. The van der Waals surface area contributed by atoms with Crippen molar-refractivity contribution in [3.63, 3.8) is 0 Å². The lowest BCUT2D eigenvalue weighted by atomic mass is 10.2. The average Bonchev–Trinajstić information content (AvgIpc) is 3.26. The summed E-state index contributed by atoms with van der Waals surface area (Å²) in [5, 5.41) is 3.51. The van der Waals surface area contributed by atoms with Crippen LogP contribution < -0.4 is 14.8 Å². The zero-order valence-corrected chi connectivity index (χ0v) is 19.8. The molecule has 0 radical (unpaired) electrons. The molecular weight excluding hydrogens is 473 g/mol. The van der Waals surface area contributed by atoms with E-state index in [9.17, 15) is 12.8 Å². The Kier molecular flexibility index (Phi) is 6.57. The first kappa shape index (κ1) is 23.4. The first-order chi connectivity index (χ1) is 15.7. The minimum Gasteiger partial charge on any atom is -0.493 e. The Hall–Kier alpha value is -2.73. The van der Waals surface area contributed by atoms with Crippen LogP contribution >= 0.6 is 11.6 Å². The van der Waals surface area contributed by atoms with Crippen LogP contribution in [0.5, 0.6) is 11.5 Å². The van der Waals surface area contributed by atoms with Gasteiger partial charge in [0.15, 0.2) is 17.3 Å². The molecule has 1 saturated heterocycles. The number of benzene rings is 2. The van der Waals surface area contributed by atoms with Crippen molar-refractivity contribution < 1.29 is 22.3 Å². The van der Waals surface area contributed by atoms with Crippen molar-refractivity contribution in [1.82, 2.24) is 18.6 Å². The van der Waals surface area contributed by atoms with Crippen LogP contribution in [0.15, 0.2) is 36.7 Å². The Labute approximate surface area is 196 Å². The highest BCUT2D eigenvalue weighted by molar-refractivity contribution is 7.86. The molecule has 1 aliphatic rings. The third-order valence-corrected chi connectivity index (χ3v) is 7.51. The molecule has 1 aliphatic heterocycles. The molecule has 4 rings (SSSR count). The van der Waals surface area contributed by atoms with Gasteiger partial charge in [0.1, 0.15) is 18.2 Å². The molecule has 33 heavy (non-hydrogen) atoms. The highest BCUT2D eigenvalue weighted by Crippen LogP contribution is 2.37. The molecule has 0 amide bonds. The van der Waals surface area contributed by atoms with Gasteiger partial charge in [-0.2, -0.15) is 17.0 Å². The summed E-state index contributed by atoms with van der Waals surface area (Å²) < 4.78 is 53.4. The molecule has 12 heteroatoms. The third-order valence-electron chi connectivity index (χ3n) is 5.31. The molecule has 2 heterocycles. The number of nitrogens with one attached hydrogen (secondary N) is 1. The number of aromatic nitrogens is 2. The number of methoxy groups -OCH3 is 1. The summed E-state index contributed by atoms with van der Waals surface area (Å²) in [5.74, 6) is 0.611. The van der Waals surface area contributed by atoms with Crippen molar-refractivity contribution in [2.45, 2.75) is 12.5 Å². The molecule has 0 aliphatic carbocycles. The molecule has 176 valence electrons. The minimum atomic E-state index is -3.52. The van der Waals surface area contributed by atoms with E-state index in [0.717, 1.165) is 0 Å². The number of halogens is 2. The topological polar surface area (TPSA) is 96.9 Å². The van der Waals surface area contributed by atoms with E-state index in [0.29, 0.717) is 41.2 Å². The Morgan fingerprint density at radius 2 is 2.03 bits per heavy atom. The van der Waals surface area contributed by atoms with Gasteiger partial charge in [-0.25, -0.2) is 14.4 Å². The van der Waals surface area contributed by atoms with E-state index in [1.165, 1.54) is 42.2 Å². The first-order valence-electron chi connectivity index (χ1n) is 10.1. The summed E-state index contributed by atoms with van der Waals surface area (Å²) in [7, 11) is 0.972. The number of anilines is 2. The third kappa shape index (κ3) is 4.67. The highest BCUT2D eigenvalue weighted by Gasteiger charge is 2.34. The van der Waals surface area contributed by atoms with Crippen LogP contribution in [0.25, 0.3) is 10.9 Å². The Morgan fingerprint density at radius 3 is 2.76 bits per heavy atom. The summed E-state index contributed by atoms with van der Waals surface area (Å²) in [5.41, 5.74) is 0.725. The van der Waals surface area contributed by atoms with Crippen LogP contribution in [0.4, 0.5) is 15.9 Å². The normalized spacial score (nSPS) is 17.0. The minimum absolute atomic E-state index is 0.0116. The fraction of sp³-hybridized carbons (Fsp3) is 0.333. The van der Waals surface area contributed by atoms with Gasteiger partial charge < -0.3 is 14.8 Å². The summed E-state index contributed by atoms with van der Waals surface area (Å²) in [6.45, 7) is 0.566. The van der Waals surface area contributed by atoms with E-state index in [2.05, 4.69) is 15.3 Å². The highest BCUT2D eigenvalue weighted by atomic mass is 35.5. The first-order valence-corrected chi connectivity index (χ1v) is 11.9. The molecule has 1 fully saturated rings. The quantitative estimate of drug-likeness (QED) is 0.536. The van der Waals surface area contributed by atoms with Crippen molar-refractivity contribution in [2.24, 2.45) is 0 Å². The van der Waals surface area contributed by atoms with E-state index in [4.69, 9.17) is 21.1 Å². The van der Waals surface area contributed by atoms with E-state index in [1.807, 2.05) is 0 Å². The van der Waals surface area contributed by atoms with E-state index < -0.39 is 16.0 Å². The second-order valence-corrected chi connectivity index (χ2v) is 10.2. The van der Waals surface area contributed by atoms with Crippen LogP contribution in [-0.4, -0.2) is 67.4 Å². The van der Waals surface area contributed by atoms with E-state index in [1.54, 1.807) is 24.3 Å². The average molecular weight is 496 g/mol. The monoisotopic (exact) mass is 495 g/mol. The van der Waals surface area contributed by atoms with E-state index >= 15 is 0 Å². The molecule has 1 N–H and O–H groups in total. The van der Waals surface area contributed by atoms with Crippen LogP contribution in [-0.2, 0) is 10.2 Å². The SMILES string of the molecule is COc1cc2ncnc(Nc3cccc(Cl)c3F)c2cc1O[C@@H]1CCN(S(=O)(=O)N(C)C)C1. The van der Waals surface area contributed by atoms with Crippen molar-refractivity contribution in [1.29, 1.82) is 0 Å². The van der Waals surface area contributed by atoms with Gasteiger partial charge in [-0.3, -0.25) is 0 Å². The van der Waals surface area contributed by atoms with Gasteiger partial charge in [0, 0.05) is 32.1 Å². The van der Waals surface area contributed by atoms with E-state index in [-0.39, 0.29) is 23.4 Å². The number of fused-ring (bicyclic) bond motifs is 1. The molecule has 2 aromatic carbocycles. The maximum absolute atomic E-state index is 14.4. The van der Waals surface area contributed by atoms with Gasteiger partial charge >= 0.3 is 0 Å². The fourth-order valence-electron chi connectivity index (χ4n) is 3.56. The predicted octanol–water partition coefficient (Wildman–Crippen LogP) is 3.43. The molecule has 0 saturated carbocycles. The van der Waals surface area contributed by atoms with Crippen molar-refractivity contribution in [3.05, 3.63) is 47.5 Å². The fourth-order valence-corrected chi connectivity index (χ4v) is 4.88. The maximum Gasteiger partial charge on any atom is 0.281 e. The lowest BCUT2D eigenvalue weighted by molar-refractivity contribution is 0.205. The number of hydrogen-bond acceptors (Lipinski definition) is 7. The Balaban J connectivity index is 1.65. The van der Waals surface area contributed by atoms with Gasteiger partial charge in [0.05, 0.1) is 29.9 Å². The van der Waals surface area contributed by atoms with Crippen LogP contribution in [0.3, 0.4) is 0 Å². The Morgan fingerprint density at radius 1 is 1.24 bits per heavy atom. The second-order valence-electron chi connectivity index (χ2n) is 7.65. The van der Waals surface area contributed by atoms with Gasteiger partial charge in [0.25, 0.3) is 10.2 Å². The zero-order chi connectivity index (χ0) is 23.8. The number of rotatable bonds is 7. The van der Waals surface area contributed by atoms with Crippen molar-refractivity contribution >= 4 is 44.2 Å². The lowest BCUT2D eigenvalue weighted by Gasteiger charge is -2.21. The smallest absolute Gasteiger partial charge is 0.281 e. The molecule has 0 unspecified atom stereocenters. The molecule has 9 nitrogen and oxygen atoms in total. The van der Waals surface area contributed by atoms with Crippen molar-refractivity contribution in [3.8, 4) is 11.5 Å². The summed E-state index contributed by atoms with van der Waals surface area (Å²) >= 11 is 5.89. The molecule has 1 atom stereocenters. The largest absolute Gasteiger partial charge is 0.493 e. The zero-order valence-electron chi connectivity index (χ0n) is 18.2. The predicted molar refractivity (Wildman–Crippen MR) is 124 cm³/mol. The molecular formula is C21H23ClFN5O4S. The van der Waals surface area contributed by atoms with Crippen LogP contribution in [0.2, 0.25) is 5.02 Å². The number of ether oxygens (including phenoxy) is 2. The standard InChI is InChI=1S/C21H23ClFN5O4S/c1-27(2)33(29,30)28-8-7-13(11-28)32-19-9-14-17(10-18(19)31-3)24-12-25-21(14)26-16-6-4-5-15(22)20(16)23/h4-6,9-10,12-13H,7-8,11H2,1-3H3,(H,24,25,26)/t13-/m1/s1.